The molecule has 0 radical (unpaired) electrons. The Morgan fingerprint density at radius 2 is 2.22 bits per heavy atom. The Kier molecular flexibility index (Phi) is 4.04. The third-order valence-electron chi connectivity index (χ3n) is 1.15. The molecule has 2 nitrogen and oxygen atoms in total. The maximum absolute atomic E-state index is 10.6. The molecule has 0 aromatic rings. The molecule has 3 heteroatoms. The van der Waals surface area contributed by atoms with E-state index >= 15 is 0 Å². The van der Waals surface area contributed by atoms with Crippen LogP contribution in [-0.4, -0.2) is 27.2 Å². The van der Waals surface area contributed by atoms with Crippen molar-refractivity contribution >= 4 is 15.6 Å². The van der Waals surface area contributed by atoms with Gasteiger partial charge in [-0.3, -0.25) is 4.79 Å². The average molecular weight is 143 g/mol. The summed E-state index contributed by atoms with van der Waals surface area (Å²) in [5.41, 5.74) is 2.08. The molecule has 0 bridgehead atoms. The third-order valence-corrected chi connectivity index (χ3v) is 2.83. The molecule has 0 aliphatic rings. The number of hydrogen-bond acceptors (Lipinski definition) is 1. The molecule has 0 spiro atoms. The monoisotopic (exact) mass is 143 g/mol. The van der Waals surface area contributed by atoms with Crippen molar-refractivity contribution in [1.82, 2.24) is 4.57 Å². The van der Waals surface area contributed by atoms with E-state index in [2.05, 4.69) is 5.70 Å². The fourth-order valence-corrected chi connectivity index (χ4v) is 1.18. The number of carbonyl (C=O) groups excluding carboxylic acids is 1. The highest BCUT2D eigenvalue weighted by molar-refractivity contribution is 6.42. The molecule has 0 saturated heterocycles. The predicted molar refractivity (Wildman–Crippen MR) is 41.8 cm³/mol. The van der Waals surface area contributed by atoms with Crippen molar-refractivity contribution in [3.05, 3.63) is 11.8 Å². The summed E-state index contributed by atoms with van der Waals surface area (Å²) < 4.78 is 1.79. The fourth-order valence-electron chi connectivity index (χ4n) is 0.392. The van der Waals surface area contributed by atoms with Crippen LogP contribution in [0.25, 0.3) is 0 Å². The molecule has 1 amide bonds. The molecule has 0 aliphatic carbocycles. The Balaban J connectivity index is 3.50. The summed E-state index contributed by atoms with van der Waals surface area (Å²) in [7, 11) is 1.43. The van der Waals surface area contributed by atoms with Gasteiger partial charge in [-0.2, -0.15) is 0 Å². The second-order valence-electron chi connectivity index (χ2n) is 1.97. The number of amides is 1. The predicted octanol–water partition coefficient (Wildman–Crippen LogP) is 0.0821. The Morgan fingerprint density at radius 3 is 2.56 bits per heavy atom. The van der Waals surface area contributed by atoms with Crippen LogP contribution in [0.15, 0.2) is 11.8 Å². The lowest BCUT2D eigenvalue weighted by Gasteiger charge is -2.10. The second-order valence-corrected chi connectivity index (χ2v) is 3.75. The van der Waals surface area contributed by atoms with Crippen LogP contribution in [0.1, 0.15) is 13.8 Å². The Bertz CT molecular complexity index is 122. The van der Waals surface area contributed by atoms with E-state index in [1.54, 1.807) is 11.5 Å². The van der Waals surface area contributed by atoms with E-state index in [1.165, 1.54) is 0 Å². The quantitative estimate of drug-likeness (QED) is 0.501. The number of rotatable bonds is 2. The molecule has 0 aromatic heterocycles. The molecule has 0 aromatic carbocycles. The molecule has 0 atom stereocenters. The second kappa shape index (κ2) is 4.32. The lowest BCUT2D eigenvalue weighted by Crippen LogP contribution is -2.26. The van der Waals surface area contributed by atoms with Gasteiger partial charge in [-0.05, 0) is 6.92 Å². The maximum atomic E-state index is 10.6. The topological polar surface area (TPSA) is 20.3 Å². The summed E-state index contributed by atoms with van der Waals surface area (Å²) in [6.07, 6.45) is 1.99. The lowest BCUT2D eigenvalue weighted by atomic mass is 10.7. The molecule has 0 rings (SSSR count). The summed E-state index contributed by atoms with van der Waals surface area (Å²) in [5, 5.41) is 0. The third kappa shape index (κ3) is 3.97. The summed E-state index contributed by atoms with van der Waals surface area (Å²) >= 11 is 0. The van der Waals surface area contributed by atoms with Crippen LogP contribution in [0.2, 0.25) is 0 Å². The van der Waals surface area contributed by atoms with E-state index < -0.39 is 9.68 Å². The zero-order chi connectivity index (χ0) is 7.28. The van der Waals surface area contributed by atoms with Gasteiger partial charge in [0.1, 0.15) is 0 Å². The molecule has 0 saturated carbocycles. The zero-order valence-electron chi connectivity index (χ0n) is 6.22. The normalized spacial score (nSPS) is 11.4. The first kappa shape index (κ1) is 8.43. The lowest BCUT2D eigenvalue weighted by molar-refractivity contribution is -0.123. The molecular weight excluding hydrogens is 130 g/mol. The first-order valence-electron chi connectivity index (χ1n) is 3.01. The van der Waals surface area contributed by atoms with Gasteiger partial charge in [0, 0.05) is 14.0 Å². The van der Waals surface area contributed by atoms with Crippen molar-refractivity contribution < 1.29 is 4.79 Å². The molecule has 52 valence electrons. The van der Waals surface area contributed by atoms with Gasteiger partial charge in [0.05, 0.1) is 0 Å². The minimum Gasteiger partial charge on any atom is -0.374 e. The molecule has 9 heavy (non-hydrogen) atoms. The summed E-state index contributed by atoms with van der Waals surface area (Å²) in [4.78, 5) is 10.6. The van der Waals surface area contributed by atoms with Crippen LogP contribution in [0, 0.1) is 0 Å². The van der Waals surface area contributed by atoms with E-state index in [0.717, 1.165) is 0 Å². The molecule has 0 unspecified atom stereocenters. The van der Waals surface area contributed by atoms with Gasteiger partial charge in [0.2, 0.25) is 5.91 Å². The molecule has 0 N–H and O–H groups in total. The van der Waals surface area contributed by atoms with Crippen molar-refractivity contribution in [2.45, 2.75) is 13.8 Å². The van der Waals surface area contributed by atoms with Gasteiger partial charge in [-0.25, -0.2) is 0 Å². The van der Waals surface area contributed by atoms with Gasteiger partial charge >= 0.3 is 0 Å². The van der Waals surface area contributed by atoms with Crippen molar-refractivity contribution in [3.8, 4) is 0 Å². The van der Waals surface area contributed by atoms with Crippen LogP contribution in [0.4, 0.5) is 0 Å². The van der Waals surface area contributed by atoms with Crippen molar-refractivity contribution in [2.24, 2.45) is 0 Å². The van der Waals surface area contributed by atoms with E-state index in [0.29, 0.717) is 0 Å². The van der Waals surface area contributed by atoms with Gasteiger partial charge < -0.3 is 4.57 Å². The van der Waals surface area contributed by atoms with Crippen LogP contribution < -0.4 is 0 Å². The van der Waals surface area contributed by atoms with E-state index in [9.17, 15) is 4.79 Å². The van der Waals surface area contributed by atoms with Crippen molar-refractivity contribution in [2.75, 3.05) is 7.05 Å². The van der Waals surface area contributed by atoms with Crippen molar-refractivity contribution in [1.29, 1.82) is 0 Å². The first-order chi connectivity index (χ1) is 4.18. The molecule has 0 aliphatic heterocycles. The molecule has 0 heterocycles. The SMILES string of the molecule is CC=C[SiH2]N(C)C(C)=O. The van der Waals surface area contributed by atoms with Crippen LogP contribution in [0.3, 0.4) is 0 Å². The molecular formula is C6H13NOSi. The fraction of sp³-hybridized carbons (Fsp3) is 0.500. The average Bonchev–Trinajstić information content (AvgIpc) is 1.82. The number of allylic oxidation sites excluding steroid dienone is 1. The highest BCUT2D eigenvalue weighted by Crippen LogP contribution is 1.79. The Morgan fingerprint density at radius 1 is 1.67 bits per heavy atom. The Hall–Kier alpha value is -0.573. The van der Waals surface area contributed by atoms with Gasteiger partial charge in [-0.15, -0.1) is 0 Å². The first-order valence-corrected chi connectivity index (χ1v) is 4.46. The summed E-state index contributed by atoms with van der Waals surface area (Å²) in [6.45, 7) is 3.57. The number of nitrogens with zero attached hydrogens (tertiary/aromatic N) is 1. The van der Waals surface area contributed by atoms with Gasteiger partial charge in [-0.1, -0.05) is 11.8 Å². The zero-order valence-corrected chi connectivity index (χ0v) is 7.63. The van der Waals surface area contributed by atoms with Gasteiger partial charge in [0.15, 0.2) is 9.68 Å². The van der Waals surface area contributed by atoms with E-state index in [-0.39, 0.29) is 5.91 Å². The summed E-state index contributed by atoms with van der Waals surface area (Å²) in [5.74, 6) is 0.166. The minimum absolute atomic E-state index is 0.166. The van der Waals surface area contributed by atoms with E-state index in [4.69, 9.17) is 0 Å². The Labute approximate surface area is 58.5 Å². The number of carbonyl (C=O) groups is 1. The van der Waals surface area contributed by atoms with Gasteiger partial charge in [0.25, 0.3) is 0 Å². The van der Waals surface area contributed by atoms with Crippen molar-refractivity contribution in [3.63, 3.8) is 0 Å². The molecule has 0 fully saturated rings. The number of hydrogen-bond donors (Lipinski definition) is 0. The van der Waals surface area contributed by atoms with Crippen LogP contribution in [-0.2, 0) is 4.79 Å². The van der Waals surface area contributed by atoms with E-state index in [1.807, 2.05) is 20.0 Å². The van der Waals surface area contributed by atoms with Crippen LogP contribution in [0.5, 0.6) is 0 Å². The maximum Gasteiger partial charge on any atom is 0.211 e. The van der Waals surface area contributed by atoms with Crippen LogP contribution >= 0.6 is 0 Å². The summed E-state index contributed by atoms with van der Waals surface area (Å²) in [6, 6.07) is 0. The smallest absolute Gasteiger partial charge is 0.211 e. The minimum atomic E-state index is -0.409. The highest BCUT2D eigenvalue weighted by atomic mass is 28.2. The highest BCUT2D eigenvalue weighted by Gasteiger charge is 1.96. The largest absolute Gasteiger partial charge is 0.374 e. The standard InChI is InChI=1S/C6H13NOSi/c1-4-5-9-7(3)6(2)8/h4-5H,9H2,1-3H3.